The fourth-order valence-electron chi connectivity index (χ4n) is 5.09. The number of hydrogen-bond acceptors (Lipinski definition) is 5. The number of nitrogens with zero attached hydrogens (tertiary/aromatic N) is 2. The molecule has 1 saturated carbocycles. The number of carbonyl (C=O) groups excluding carboxylic acids is 1. The highest BCUT2D eigenvalue weighted by atomic mass is 35.5. The molecule has 2 aromatic rings. The van der Waals surface area contributed by atoms with E-state index in [1.54, 1.807) is 6.20 Å². The number of fused-ring (bicyclic) bond motifs is 4. The monoisotopic (exact) mass is 381 g/mol. The van der Waals surface area contributed by atoms with E-state index in [1.165, 1.54) is 5.56 Å². The second kappa shape index (κ2) is 6.06. The number of ether oxygens (including phenoxy) is 1. The van der Waals surface area contributed by atoms with E-state index in [0.717, 1.165) is 29.5 Å². The molecule has 1 aromatic heterocycles. The maximum Gasteiger partial charge on any atom is 0.283 e. The largest absolute Gasteiger partial charge is 0.462 e. The molecule has 0 saturated heterocycles. The molecule has 6 heteroatoms. The highest BCUT2D eigenvalue weighted by Crippen LogP contribution is 2.52. The number of aliphatic imine (C=N–C) groups is 1. The second-order valence-corrected chi connectivity index (χ2v) is 8.22. The van der Waals surface area contributed by atoms with Crippen molar-refractivity contribution in [2.75, 3.05) is 6.61 Å². The van der Waals surface area contributed by atoms with Crippen LogP contribution < -0.4 is 5.73 Å². The van der Waals surface area contributed by atoms with E-state index in [2.05, 4.69) is 23.2 Å². The maximum atomic E-state index is 12.1. The third kappa shape index (κ3) is 2.64. The van der Waals surface area contributed by atoms with Crippen LogP contribution in [0.2, 0.25) is 5.02 Å². The van der Waals surface area contributed by atoms with Crippen LogP contribution in [-0.4, -0.2) is 23.4 Å². The maximum absolute atomic E-state index is 12.1. The summed E-state index contributed by atoms with van der Waals surface area (Å²) >= 11 is 6.13. The summed E-state index contributed by atoms with van der Waals surface area (Å²) in [5.74, 6) is 0.930. The van der Waals surface area contributed by atoms with Gasteiger partial charge < -0.3 is 10.5 Å². The number of amidine groups is 1. The number of hydrogen-bond donors (Lipinski definition) is 1. The van der Waals surface area contributed by atoms with Gasteiger partial charge in [0.25, 0.3) is 6.02 Å². The standard InChI is InChI=1S/C21H20ClN3O2/c22-16-6-15(9-24-10-16)12-1-2-13-5-14-7-17(26)3-4-18(14)21(19(13)8-12)11-27-20(23)25-21/h1-2,6,8-10,14,18H,3-5,7,11H2,(H2,23,25)/t14-,18-,21?/m1/s1. The molecular formula is C21H20ClN3O2. The van der Waals surface area contributed by atoms with Crippen molar-refractivity contribution >= 4 is 23.4 Å². The van der Waals surface area contributed by atoms with Crippen molar-refractivity contribution in [3.8, 4) is 11.1 Å². The van der Waals surface area contributed by atoms with Gasteiger partial charge in [0.15, 0.2) is 0 Å². The predicted molar refractivity (Wildman–Crippen MR) is 103 cm³/mol. The molecule has 1 aliphatic heterocycles. The zero-order chi connectivity index (χ0) is 18.6. The van der Waals surface area contributed by atoms with Crippen molar-refractivity contribution < 1.29 is 9.53 Å². The Morgan fingerprint density at radius 1 is 1.19 bits per heavy atom. The number of ketones is 1. The molecule has 27 heavy (non-hydrogen) atoms. The van der Waals surface area contributed by atoms with E-state index < -0.39 is 5.54 Å². The van der Waals surface area contributed by atoms with Gasteiger partial charge in [-0.1, -0.05) is 23.7 Å². The average molecular weight is 382 g/mol. The summed E-state index contributed by atoms with van der Waals surface area (Å²) in [4.78, 5) is 21.1. The molecule has 5 nitrogen and oxygen atoms in total. The van der Waals surface area contributed by atoms with E-state index >= 15 is 0 Å². The molecule has 3 aliphatic rings. The number of Topliss-reactive ketones (excluding diaryl/α,β-unsaturated/α-hetero) is 1. The Balaban J connectivity index is 1.66. The zero-order valence-corrected chi connectivity index (χ0v) is 15.6. The number of nitrogens with two attached hydrogens (primary N) is 1. The lowest BCUT2D eigenvalue weighted by Crippen LogP contribution is -2.47. The van der Waals surface area contributed by atoms with E-state index in [0.29, 0.717) is 36.2 Å². The van der Waals surface area contributed by atoms with Crippen molar-refractivity contribution in [2.24, 2.45) is 22.6 Å². The van der Waals surface area contributed by atoms with Crippen LogP contribution in [0.25, 0.3) is 11.1 Å². The van der Waals surface area contributed by atoms with Gasteiger partial charge in [-0.2, -0.15) is 0 Å². The van der Waals surface area contributed by atoms with Crippen molar-refractivity contribution in [3.63, 3.8) is 0 Å². The minimum Gasteiger partial charge on any atom is -0.462 e. The third-order valence-electron chi connectivity index (χ3n) is 6.25. The molecule has 2 N–H and O–H groups in total. The normalized spacial score (nSPS) is 29.1. The van der Waals surface area contributed by atoms with E-state index in [4.69, 9.17) is 27.1 Å². The van der Waals surface area contributed by atoms with Crippen LogP contribution in [0, 0.1) is 11.8 Å². The molecule has 0 bridgehead atoms. The van der Waals surface area contributed by atoms with Crippen LogP contribution in [-0.2, 0) is 21.5 Å². The van der Waals surface area contributed by atoms with Crippen molar-refractivity contribution in [2.45, 2.75) is 31.2 Å². The first kappa shape index (κ1) is 16.8. The lowest BCUT2D eigenvalue weighted by Gasteiger charge is -2.46. The Kier molecular flexibility index (Phi) is 3.76. The summed E-state index contributed by atoms with van der Waals surface area (Å²) in [6, 6.07) is 8.57. The van der Waals surface area contributed by atoms with Crippen molar-refractivity contribution in [3.05, 3.63) is 52.8 Å². The number of rotatable bonds is 1. The van der Waals surface area contributed by atoms with Gasteiger partial charge in [-0.3, -0.25) is 9.78 Å². The van der Waals surface area contributed by atoms with E-state index in [-0.39, 0.29) is 11.9 Å². The van der Waals surface area contributed by atoms with Crippen LogP contribution in [0.15, 0.2) is 41.7 Å². The second-order valence-electron chi connectivity index (χ2n) is 7.78. The number of halogens is 1. The van der Waals surface area contributed by atoms with Gasteiger partial charge in [0, 0.05) is 30.8 Å². The van der Waals surface area contributed by atoms with Crippen LogP contribution in [0.4, 0.5) is 0 Å². The van der Waals surface area contributed by atoms with Gasteiger partial charge in [-0.15, -0.1) is 0 Å². The first-order valence-electron chi connectivity index (χ1n) is 9.29. The Morgan fingerprint density at radius 2 is 2.07 bits per heavy atom. The quantitative estimate of drug-likeness (QED) is 0.820. The zero-order valence-electron chi connectivity index (χ0n) is 14.8. The summed E-state index contributed by atoms with van der Waals surface area (Å²) in [5.41, 5.74) is 9.87. The lowest BCUT2D eigenvalue weighted by atomic mass is 9.59. The van der Waals surface area contributed by atoms with Gasteiger partial charge >= 0.3 is 0 Å². The molecule has 1 fully saturated rings. The number of aromatic nitrogens is 1. The highest BCUT2D eigenvalue weighted by Gasteiger charge is 2.53. The van der Waals surface area contributed by atoms with E-state index in [9.17, 15) is 4.79 Å². The Hall–Kier alpha value is -2.40. The van der Waals surface area contributed by atoms with Gasteiger partial charge in [0.1, 0.15) is 17.9 Å². The van der Waals surface area contributed by atoms with Crippen LogP contribution in [0.5, 0.6) is 0 Å². The van der Waals surface area contributed by atoms with Crippen molar-refractivity contribution in [1.82, 2.24) is 4.98 Å². The van der Waals surface area contributed by atoms with Gasteiger partial charge in [0.2, 0.25) is 0 Å². The van der Waals surface area contributed by atoms with Gasteiger partial charge in [-0.25, -0.2) is 4.99 Å². The fraction of sp³-hybridized carbons (Fsp3) is 0.381. The Labute approximate surface area is 162 Å². The minimum absolute atomic E-state index is 0.244. The third-order valence-corrected chi connectivity index (χ3v) is 6.46. The Bertz CT molecular complexity index is 974. The number of pyridine rings is 1. The van der Waals surface area contributed by atoms with Gasteiger partial charge in [0.05, 0.1) is 5.02 Å². The summed E-state index contributed by atoms with van der Waals surface area (Å²) in [5, 5.41) is 0.609. The molecule has 1 spiro atoms. The molecule has 1 unspecified atom stereocenters. The van der Waals surface area contributed by atoms with Gasteiger partial charge in [-0.05, 0) is 53.5 Å². The summed E-state index contributed by atoms with van der Waals surface area (Å²) < 4.78 is 5.65. The minimum atomic E-state index is -0.495. The summed E-state index contributed by atoms with van der Waals surface area (Å²) in [6.45, 7) is 0.443. The van der Waals surface area contributed by atoms with Crippen molar-refractivity contribution in [1.29, 1.82) is 0 Å². The SMILES string of the molecule is NC1=NC2(CO1)c1cc(-c3cncc(Cl)c3)ccc1C[C@@H]1CC(=O)CC[C@H]12. The van der Waals surface area contributed by atoms with E-state index in [1.807, 2.05) is 12.3 Å². The molecule has 3 atom stereocenters. The fourth-order valence-corrected chi connectivity index (χ4v) is 5.27. The highest BCUT2D eigenvalue weighted by molar-refractivity contribution is 6.30. The predicted octanol–water partition coefficient (Wildman–Crippen LogP) is 3.48. The van der Waals surface area contributed by atoms with Crippen LogP contribution in [0.3, 0.4) is 0 Å². The topological polar surface area (TPSA) is 77.6 Å². The molecular weight excluding hydrogens is 362 g/mol. The molecule has 0 amide bonds. The summed E-state index contributed by atoms with van der Waals surface area (Å²) in [7, 11) is 0. The molecule has 0 radical (unpaired) electrons. The number of carbonyl (C=O) groups is 1. The lowest BCUT2D eigenvalue weighted by molar-refractivity contribution is -0.123. The summed E-state index contributed by atoms with van der Waals surface area (Å²) in [6.07, 6.45) is 6.42. The molecule has 138 valence electrons. The first-order chi connectivity index (χ1) is 13.0. The van der Waals surface area contributed by atoms with Crippen LogP contribution >= 0.6 is 11.6 Å². The smallest absolute Gasteiger partial charge is 0.283 e. The Morgan fingerprint density at radius 3 is 2.85 bits per heavy atom. The molecule has 5 rings (SSSR count). The first-order valence-corrected chi connectivity index (χ1v) is 9.67. The molecule has 2 aliphatic carbocycles. The molecule has 2 heterocycles. The average Bonchev–Trinajstić information content (AvgIpc) is 3.04. The molecule has 1 aromatic carbocycles. The number of benzene rings is 1. The van der Waals surface area contributed by atoms with Crippen LogP contribution in [0.1, 0.15) is 30.4 Å².